The highest BCUT2D eigenvalue weighted by Gasteiger charge is 2.04. The molecule has 1 aromatic rings. The molecule has 0 aromatic heterocycles. The third-order valence-corrected chi connectivity index (χ3v) is 2.84. The highest BCUT2D eigenvalue weighted by molar-refractivity contribution is 5.22. The third-order valence-electron chi connectivity index (χ3n) is 2.84. The van der Waals surface area contributed by atoms with Crippen molar-refractivity contribution in [2.45, 2.75) is 18.9 Å². The molecule has 0 radical (unpaired) electrons. The van der Waals surface area contributed by atoms with Crippen molar-refractivity contribution in [2.75, 3.05) is 40.3 Å². The molecule has 0 bridgehead atoms. The first-order valence-corrected chi connectivity index (χ1v) is 7.00. The van der Waals surface area contributed by atoms with Crippen molar-refractivity contribution in [2.24, 2.45) is 0 Å². The van der Waals surface area contributed by atoms with Gasteiger partial charge in [-0.3, -0.25) is 0 Å². The summed E-state index contributed by atoms with van der Waals surface area (Å²) < 4.78 is 18.1. The van der Waals surface area contributed by atoms with E-state index in [1.807, 2.05) is 0 Å². The summed E-state index contributed by atoms with van der Waals surface area (Å²) in [4.78, 5) is 2.16. The van der Waals surface area contributed by atoms with Crippen molar-refractivity contribution < 1.29 is 14.2 Å². The summed E-state index contributed by atoms with van der Waals surface area (Å²) in [6, 6.07) is 5.78. The molecule has 1 unspecified atom stereocenters. The number of halogens is 1. The van der Waals surface area contributed by atoms with Gasteiger partial charge < -0.3 is 20.1 Å². The van der Waals surface area contributed by atoms with Crippen LogP contribution >= 0.6 is 0 Å². The van der Waals surface area contributed by atoms with Crippen molar-refractivity contribution in [3.63, 3.8) is 0 Å². The Balaban J connectivity index is 2.03. The second kappa shape index (κ2) is 9.69. The Morgan fingerprint density at radius 3 is 2.60 bits per heavy atom. The molecule has 0 spiro atoms. The molecule has 0 amide bonds. The Bertz CT molecular complexity index is 357. The third kappa shape index (κ3) is 8.09. The van der Waals surface area contributed by atoms with Crippen LogP contribution in [0.5, 0.6) is 5.75 Å². The molecule has 4 nitrogen and oxygen atoms in total. The lowest BCUT2D eigenvalue weighted by Crippen LogP contribution is -2.32. The molecule has 0 heterocycles. The Labute approximate surface area is 120 Å². The van der Waals surface area contributed by atoms with Crippen LogP contribution in [-0.2, 0) is 0 Å². The summed E-state index contributed by atoms with van der Waals surface area (Å²) in [5, 5.41) is 12.9. The molecule has 0 fully saturated rings. The molecule has 20 heavy (non-hydrogen) atoms. The van der Waals surface area contributed by atoms with E-state index in [1.165, 1.54) is 12.1 Å². The summed E-state index contributed by atoms with van der Waals surface area (Å²) in [5.74, 6) is 0.272. The van der Waals surface area contributed by atoms with E-state index in [1.54, 1.807) is 12.1 Å². The van der Waals surface area contributed by atoms with E-state index >= 15 is 0 Å². The fourth-order valence-electron chi connectivity index (χ4n) is 1.73. The van der Waals surface area contributed by atoms with Gasteiger partial charge in [-0.1, -0.05) is 0 Å². The highest BCUT2D eigenvalue weighted by atomic mass is 19.1. The summed E-state index contributed by atoms with van der Waals surface area (Å²) >= 11 is 0. The second-order valence-corrected chi connectivity index (χ2v) is 5.13. The SMILES string of the molecule is CN(C)CCCCNCC(O)COc1ccc(F)cc1. The lowest BCUT2D eigenvalue weighted by molar-refractivity contribution is 0.106. The first-order valence-electron chi connectivity index (χ1n) is 7.00. The number of hydrogen-bond acceptors (Lipinski definition) is 4. The number of ether oxygens (including phenoxy) is 1. The van der Waals surface area contributed by atoms with Gasteiger partial charge in [0.25, 0.3) is 0 Å². The Morgan fingerprint density at radius 2 is 1.95 bits per heavy atom. The molecule has 0 aliphatic carbocycles. The van der Waals surface area contributed by atoms with Crippen LogP contribution in [-0.4, -0.2) is 56.4 Å². The standard InChI is InChI=1S/C15H25FN2O2/c1-18(2)10-4-3-9-17-11-14(19)12-20-15-7-5-13(16)6-8-15/h5-8,14,17,19H,3-4,9-12H2,1-2H3. The van der Waals surface area contributed by atoms with Gasteiger partial charge in [0.2, 0.25) is 0 Å². The van der Waals surface area contributed by atoms with Gasteiger partial charge >= 0.3 is 0 Å². The molecule has 1 atom stereocenters. The topological polar surface area (TPSA) is 44.7 Å². The molecule has 0 aliphatic heterocycles. The summed E-state index contributed by atoms with van der Waals surface area (Å²) in [6.07, 6.45) is 1.67. The van der Waals surface area contributed by atoms with Gasteiger partial charge in [0.1, 0.15) is 24.3 Å². The maximum atomic E-state index is 12.7. The number of hydrogen-bond donors (Lipinski definition) is 2. The van der Waals surface area contributed by atoms with Crippen molar-refractivity contribution in [1.29, 1.82) is 0 Å². The monoisotopic (exact) mass is 284 g/mol. The quantitative estimate of drug-likeness (QED) is 0.639. The molecule has 1 aromatic carbocycles. The number of nitrogens with zero attached hydrogens (tertiary/aromatic N) is 1. The molecular formula is C15H25FN2O2. The van der Waals surface area contributed by atoms with Crippen molar-refractivity contribution in [1.82, 2.24) is 10.2 Å². The van der Waals surface area contributed by atoms with E-state index < -0.39 is 6.10 Å². The van der Waals surface area contributed by atoms with Crippen LogP contribution in [0, 0.1) is 5.82 Å². The van der Waals surface area contributed by atoms with Crippen LogP contribution in [0.1, 0.15) is 12.8 Å². The first kappa shape index (κ1) is 16.9. The Morgan fingerprint density at radius 1 is 1.25 bits per heavy atom. The molecule has 114 valence electrons. The Hall–Kier alpha value is -1.17. The van der Waals surface area contributed by atoms with Gasteiger partial charge in [-0.15, -0.1) is 0 Å². The van der Waals surface area contributed by atoms with Crippen LogP contribution in [0.15, 0.2) is 24.3 Å². The highest BCUT2D eigenvalue weighted by Crippen LogP contribution is 2.11. The molecule has 1 rings (SSSR count). The van der Waals surface area contributed by atoms with Crippen LogP contribution in [0.2, 0.25) is 0 Å². The minimum Gasteiger partial charge on any atom is -0.491 e. The van der Waals surface area contributed by atoms with Crippen molar-refractivity contribution in [3.8, 4) is 5.75 Å². The molecule has 5 heteroatoms. The smallest absolute Gasteiger partial charge is 0.123 e. The lowest BCUT2D eigenvalue weighted by Gasteiger charge is -2.14. The maximum absolute atomic E-state index is 12.7. The predicted octanol–water partition coefficient (Wildman–Crippen LogP) is 1.50. The average molecular weight is 284 g/mol. The summed E-state index contributed by atoms with van der Waals surface area (Å²) in [6.45, 7) is 2.68. The zero-order valence-corrected chi connectivity index (χ0v) is 12.3. The van der Waals surface area contributed by atoms with E-state index in [0.29, 0.717) is 12.3 Å². The normalized spacial score (nSPS) is 12.7. The van der Waals surface area contributed by atoms with E-state index in [0.717, 1.165) is 25.9 Å². The second-order valence-electron chi connectivity index (χ2n) is 5.13. The van der Waals surface area contributed by atoms with Gasteiger partial charge in [0.05, 0.1) is 0 Å². The van der Waals surface area contributed by atoms with Crippen LogP contribution in [0.4, 0.5) is 4.39 Å². The minimum atomic E-state index is -0.561. The average Bonchev–Trinajstić information content (AvgIpc) is 2.41. The molecular weight excluding hydrogens is 259 g/mol. The molecule has 2 N–H and O–H groups in total. The number of rotatable bonds is 10. The van der Waals surface area contributed by atoms with Crippen molar-refractivity contribution >= 4 is 0 Å². The van der Waals surface area contributed by atoms with Gasteiger partial charge in [-0.25, -0.2) is 4.39 Å². The van der Waals surface area contributed by atoms with Crippen LogP contribution in [0.25, 0.3) is 0 Å². The molecule has 0 saturated carbocycles. The molecule has 0 saturated heterocycles. The lowest BCUT2D eigenvalue weighted by atomic mass is 10.3. The van der Waals surface area contributed by atoms with E-state index in [9.17, 15) is 9.50 Å². The fraction of sp³-hybridized carbons (Fsp3) is 0.600. The van der Waals surface area contributed by atoms with Crippen molar-refractivity contribution in [3.05, 3.63) is 30.1 Å². The van der Waals surface area contributed by atoms with Gasteiger partial charge in [0.15, 0.2) is 0 Å². The van der Waals surface area contributed by atoms with E-state index in [4.69, 9.17) is 4.74 Å². The van der Waals surface area contributed by atoms with E-state index in [2.05, 4.69) is 24.3 Å². The number of nitrogens with one attached hydrogen (secondary N) is 1. The van der Waals surface area contributed by atoms with Gasteiger partial charge in [-0.2, -0.15) is 0 Å². The van der Waals surface area contributed by atoms with Crippen LogP contribution in [0.3, 0.4) is 0 Å². The Kier molecular flexibility index (Phi) is 8.18. The number of aliphatic hydroxyl groups excluding tert-OH is 1. The summed E-state index contributed by atoms with van der Waals surface area (Å²) in [7, 11) is 4.12. The number of aliphatic hydroxyl groups is 1. The minimum absolute atomic E-state index is 0.205. The van der Waals surface area contributed by atoms with Crippen LogP contribution < -0.4 is 10.1 Å². The summed E-state index contributed by atoms with van der Waals surface area (Å²) in [5.41, 5.74) is 0. The number of unbranched alkanes of at least 4 members (excludes halogenated alkanes) is 1. The maximum Gasteiger partial charge on any atom is 0.123 e. The van der Waals surface area contributed by atoms with Gasteiger partial charge in [-0.05, 0) is 64.3 Å². The largest absolute Gasteiger partial charge is 0.491 e. The first-order chi connectivity index (χ1) is 9.58. The number of benzene rings is 1. The van der Waals surface area contributed by atoms with E-state index in [-0.39, 0.29) is 12.4 Å². The predicted molar refractivity (Wildman–Crippen MR) is 78.6 cm³/mol. The fourth-order valence-corrected chi connectivity index (χ4v) is 1.73. The zero-order valence-electron chi connectivity index (χ0n) is 12.3. The van der Waals surface area contributed by atoms with Gasteiger partial charge in [0, 0.05) is 6.54 Å². The zero-order chi connectivity index (χ0) is 14.8. The molecule has 0 aliphatic rings.